The molecule has 0 aromatic carbocycles. The molecule has 3 aromatic rings. The Morgan fingerprint density at radius 2 is 2.21 bits per heavy atom. The zero-order valence-electron chi connectivity index (χ0n) is 14.5. The van der Waals surface area contributed by atoms with Crippen LogP contribution in [0.3, 0.4) is 0 Å². The molecule has 0 spiro atoms. The van der Waals surface area contributed by atoms with Crippen molar-refractivity contribution in [1.29, 1.82) is 0 Å². The number of amides is 1. The molecule has 126 valence electrons. The summed E-state index contributed by atoms with van der Waals surface area (Å²) in [7, 11) is 1.84. The van der Waals surface area contributed by atoms with Gasteiger partial charge in [0.15, 0.2) is 5.65 Å². The smallest absolute Gasteiger partial charge is 0.252 e. The van der Waals surface area contributed by atoms with Gasteiger partial charge in [-0.1, -0.05) is 0 Å². The lowest BCUT2D eigenvalue weighted by Crippen LogP contribution is -2.33. The van der Waals surface area contributed by atoms with Crippen LogP contribution in [0.4, 0.5) is 0 Å². The van der Waals surface area contributed by atoms with E-state index < -0.39 is 0 Å². The molecule has 3 rings (SSSR count). The molecule has 0 unspecified atom stereocenters. The summed E-state index contributed by atoms with van der Waals surface area (Å²) in [4.78, 5) is 17.2. The number of furan rings is 1. The fraction of sp³-hybridized carbons (Fsp3) is 0.389. The molecule has 6 nitrogen and oxygen atoms in total. The number of hydrogen-bond donors (Lipinski definition) is 1. The molecule has 1 amide bonds. The maximum atomic E-state index is 12.7. The standard InChI is InChI=1S/C18H22N4O2/c1-11(7-8-14-6-5-9-24-14)20-18(23)15-10-12(2)19-17-16(15)13(3)21-22(17)4/h5-6,9-11H,7-8H2,1-4H3,(H,20,23)/t11-/m0/s1. The van der Waals surface area contributed by atoms with Gasteiger partial charge >= 0.3 is 0 Å². The minimum Gasteiger partial charge on any atom is -0.469 e. The lowest BCUT2D eigenvalue weighted by atomic mass is 10.1. The predicted octanol–water partition coefficient (Wildman–Crippen LogP) is 2.93. The van der Waals surface area contributed by atoms with Crippen LogP contribution in [-0.2, 0) is 13.5 Å². The van der Waals surface area contributed by atoms with Crippen molar-refractivity contribution in [1.82, 2.24) is 20.1 Å². The van der Waals surface area contributed by atoms with Crippen LogP contribution in [-0.4, -0.2) is 26.7 Å². The zero-order valence-corrected chi connectivity index (χ0v) is 14.5. The third-order valence-corrected chi connectivity index (χ3v) is 4.12. The molecular weight excluding hydrogens is 304 g/mol. The summed E-state index contributed by atoms with van der Waals surface area (Å²) in [5, 5.41) is 8.27. The first kappa shape index (κ1) is 16.2. The fourth-order valence-electron chi connectivity index (χ4n) is 2.94. The van der Waals surface area contributed by atoms with Gasteiger partial charge in [0.25, 0.3) is 5.91 Å². The van der Waals surface area contributed by atoms with E-state index in [9.17, 15) is 4.79 Å². The lowest BCUT2D eigenvalue weighted by Gasteiger charge is -2.14. The molecule has 0 saturated carbocycles. The van der Waals surface area contributed by atoms with Crippen molar-refractivity contribution in [2.75, 3.05) is 0 Å². The normalized spacial score (nSPS) is 12.5. The van der Waals surface area contributed by atoms with E-state index >= 15 is 0 Å². The van der Waals surface area contributed by atoms with Crippen LogP contribution < -0.4 is 5.32 Å². The molecule has 24 heavy (non-hydrogen) atoms. The van der Waals surface area contributed by atoms with E-state index in [1.807, 2.05) is 46.0 Å². The Morgan fingerprint density at radius 3 is 2.92 bits per heavy atom. The highest BCUT2D eigenvalue weighted by Crippen LogP contribution is 2.21. The number of nitrogens with zero attached hydrogens (tertiary/aromatic N) is 3. The predicted molar refractivity (Wildman–Crippen MR) is 91.9 cm³/mol. The van der Waals surface area contributed by atoms with Crippen LogP contribution in [0, 0.1) is 13.8 Å². The van der Waals surface area contributed by atoms with Gasteiger partial charge in [0.1, 0.15) is 5.76 Å². The van der Waals surface area contributed by atoms with Crippen LogP contribution >= 0.6 is 0 Å². The maximum Gasteiger partial charge on any atom is 0.252 e. The van der Waals surface area contributed by atoms with Gasteiger partial charge in [-0.25, -0.2) is 4.98 Å². The summed E-state index contributed by atoms with van der Waals surface area (Å²) in [5.74, 6) is 0.842. The number of fused-ring (bicyclic) bond motifs is 1. The second kappa shape index (κ2) is 6.47. The van der Waals surface area contributed by atoms with E-state index in [4.69, 9.17) is 4.42 Å². The van der Waals surface area contributed by atoms with E-state index in [-0.39, 0.29) is 11.9 Å². The molecule has 1 atom stereocenters. The molecular formula is C18H22N4O2. The Balaban J connectivity index is 1.78. The second-order valence-electron chi connectivity index (χ2n) is 6.21. The Morgan fingerprint density at radius 1 is 1.42 bits per heavy atom. The SMILES string of the molecule is Cc1cc(C(=O)N[C@@H](C)CCc2ccco2)c2c(C)nn(C)c2n1. The zero-order chi connectivity index (χ0) is 17.3. The number of carbonyl (C=O) groups is 1. The fourth-order valence-corrected chi connectivity index (χ4v) is 2.94. The summed E-state index contributed by atoms with van der Waals surface area (Å²) >= 11 is 0. The number of aryl methyl sites for hydroxylation is 4. The average Bonchev–Trinajstić information content (AvgIpc) is 3.13. The van der Waals surface area contributed by atoms with E-state index in [1.54, 1.807) is 10.9 Å². The van der Waals surface area contributed by atoms with Gasteiger partial charge in [-0.15, -0.1) is 0 Å². The van der Waals surface area contributed by atoms with E-state index in [0.717, 1.165) is 41.0 Å². The van der Waals surface area contributed by atoms with Crippen molar-refractivity contribution in [2.45, 2.75) is 39.7 Å². The maximum absolute atomic E-state index is 12.7. The summed E-state index contributed by atoms with van der Waals surface area (Å²) in [6, 6.07) is 5.69. The lowest BCUT2D eigenvalue weighted by molar-refractivity contribution is 0.0939. The highest BCUT2D eigenvalue weighted by molar-refractivity contribution is 6.06. The Bertz CT molecular complexity index is 865. The Labute approximate surface area is 140 Å². The van der Waals surface area contributed by atoms with Gasteiger partial charge < -0.3 is 9.73 Å². The Kier molecular flexibility index (Phi) is 4.38. The second-order valence-corrected chi connectivity index (χ2v) is 6.21. The van der Waals surface area contributed by atoms with Crippen LogP contribution in [0.25, 0.3) is 11.0 Å². The van der Waals surface area contributed by atoms with Crippen molar-refractivity contribution in [3.05, 3.63) is 47.2 Å². The van der Waals surface area contributed by atoms with Crippen LogP contribution in [0.1, 0.15) is 40.9 Å². The molecule has 6 heteroatoms. The first-order chi connectivity index (χ1) is 11.5. The first-order valence-corrected chi connectivity index (χ1v) is 8.10. The highest BCUT2D eigenvalue weighted by atomic mass is 16.3. The van der Waals surface area contributed by atoms with E-state index in [1.165, 1.54) is 0 Å². The van der Waals surface area contributed by atoms with Gasteiger partial charge in [-0.3, -0.25) is 9.48 Å². The summed E-state index contributed by atoms with van der Waals surface area (Å²) in [6.45, 7) is 5.79. The van der Waals surface area contributed by atoms with Crippen molar-refractivity contribution < 1.29 is 9.21 Å². The molecule has 0 saturated heterocycles. The summed E-state index contributed by atoms with van der Waals surface area (Å²) in [5.41, 5.74) is 2.99. The van der Waals surface area contributed by atoms with Crippen molar-refractivity contribution in [3.8, 4) is 0 Å². The minimum atomic E-state index is -0.0893. The van der Waals surface area contributed by atoms with Gasteiger partial charge in [-0.05, 0) is 45.4 Å². The van der Waals surface area contributed by atoms with Crippen LogP contribution in [0.5, 0.6) is 0 Å². The van der Waals surface area contributed by atoms with Gasteiger partial charge in [-0.2, -0.15) is 5.10 Å². The number of rotatable bonds is 5. The monoisotopic (exact) mass is 326 g/mol. The average molecular weight is 326 g/mol. The van der Waals surface area contributed by atoms with Gasteiger partial charge in [0.2, 0.25) is 0 Å². The number of pyridine rings is 1. The first-order valence-electron chi connectivity index (χ1n) is 8.10. The number of nitrogens with one attached hydrogen (secondary N) is 1. The molecule has 0 aliphatic rings. The van der Waals surface area contributed by atoms with Gasteiger partial charge in [0, 0.05) is 25.2 Å². The van der Waals surface area contributed by atoms with Crippen molar-refractivity contribution in [2.24, 2.45) is 7.05 Å². The van der Waals surface area contributed by atoms with E-state index in [0.29, 0.717) is 5.56 Å². The number of aromatic nitrogens is 3. The number of hydrogen-bond acceptors (Lipinski definition) is 4. The molecule has 0 radical (unpaired) electrons. The van der Waals surface area contributed by atoms with Crippen molar-refractivity contribution in [3.63, 3.8) is 0 Å². The number of carbonyl (C=O) groups excluding carboxylic acids is 1. The molecule has 0 bridgehead atoms. The molecule has 0 fully saturated rings. The molecule has 3 aromatic heterocycles. The summed E-state index contributed by atoms with van der Waals surface area (Å²) in [6.07, 6.45) is 3.28. The summed E-state index contributed by atoms with van der Waals surface area (Å²) < 4.78 is 7.05. The van der Waals surface area contributed by atoms with Crippen LogP contribution in [0.2, 0.25) is 0 Å². The van der Waals surface area contributed by atoms with Crippen LogP contribution in [0.15, 0.2) is 28.9 Å². The Hall–Kier alpha value is -2.63. The molecule has 3 heterocycles. The largest absolute Gasteiger partial charge is 0.469 e. The van der Waals surface area contributed by atoms with Crippen molar-refractivity contribution >= 4 is 16.9 Å². The quantitative estimate of drug-likeness (QED) is 0.782. The third kappa shape index (κ3) is 3.18. The topological polar surface area (TPSA) is 73.0 Å². The van der Waals surface area contributed by atoms with Gasteiger partial charge in [0.05, 0.1) is 22.9 Å². The third-order valence-electron chi connectivity index (χ3n) is 4.12. The molecule has 1 N–H and O–H groups in total. The highest BCUT2D eigenvalue weighted by Gasteiger charge is 2.19. The molecule has 0 aliphatic carbocycles. The van der Waals surface area contributed by atoms with E-state index in [2.05, 4.69) is 15.4 Å². The minimum absolute atomic E-state index is 0.0445. The molecule has 0 aliphatic heterocycles.